The number of aromatic nitrogens is 2. The van der Waals surface area contributed by atoms with Crippen LogP contribution in [0.1, 0.15) is 10.4 Å². The van der Waals surface area contributed by atoms with Gasteiger partial charge >= 0.3 is 0 Å². The van der Waals surface area contributed by atoms with Gasteiger partial charge in [0.2, 0.25) is 5.91 Å². The number of benzene rings is 3. The van der Waals surface area contributed by atoms with E-state index < -0.39 is 0 Å². The Morgan fingerprint density at radius 2 is 1.70 bits per heavy atom. The molecule has 0 atom stereocenters. The lowest BCUT2D eigenvalue weighted by molar-refractivity contribution is -0.111. The van der Waals surface area contributed by atoms with Gasteiger partial charge in [0.05, 0.1) is 19.7 Å². The molecule has 33 heavy (non-hydrogen) atoms. The molecular formula is C25H22N4O4. The van der Waals surface area contributed by atoms with Gasteiger partial charge in [0.1, 0.15) is 11.5 Å². The highest BCUT2D eigenvalue weighted by Gasteiger charge is 2.13. The van der Waals surface area contributed by atoms with Crippen molar-refractivity contribution >= 4 is 34.2 Å². The molecule has 0 radical (unpaired) electrons. The molecule has 0 fully saturated rings. The van der Waals surface area contributed by atoms with E-state index in [1.807, 2.05) is 36.4 Å². The largest absolute Gasteiger partial charge is 0.497 e. The molecule has 4 rings (SSSR count). The normalized spacial score (nSPS) is 10.5. The third kappa shape index (κ3) is 4.69. The van der Waals surface area contributed by atoms with E-state index in [0.717, 1.165) is 22.0 Å². The van der Waals surface area contributed by atoms with E-state index >= 15 is 0 Å². The average molecular weight is 442 g/mol. The quantitative estimate of drug-likeness (QED) is 0.362. The summed E-state index contributed by atoms with van der Waals surface area (Å²) in [5.41, 5.74) is 3.50. The Kier molecular flexibility index (Phi) is 6.08. The molecule has 1 heterocycles. The van der Waals surface area contributed by atoms with Gasteiger partial charge in [0.15, 0.2) is 5.82 Å². The minimum absolute atomic E-state index is 0.347. The number of anilines is 2. The number of nitrogens with one attached hydrogen (secondary N) is 3. The molecule has 4 aromatic rings. The number of methoxy groups -OCH3 is 2. The molecule has 166 valence electrons. The van der Waals surface area contributed by atoms with E-state index in [4.69, 9.17) is 9.47 Å². The minimum Gasteiger partial charge on any atom is -0.497 e. The number of fused-ring (bicyclic) bond motifs is 1. The van der Waals surface area contributed by atoms with Crippen LogP contribution in [0.5, 0.6) is 11.5 Å². The van der Waals surface area contributed by atoms with Crippen LogP contribution in [-0.4, -0.2) is 36.2 Å². The molecular weight excluding hydrogens is 420 g/mol. The van der Waals surface area contributed by atoms with Crippen molar-refractivity contribution in [3.63, 3.8) is 0 Å². The van der Waals surface area contributed by atoms with Gasteiger partial charge in [-0.15, -0.1) is 0 Å². The second-order valence-electron chi connectivity index (χ2n) is 7.16. The molecule has 1 aromatic heterocycles. The van der Waals surface area contributed by atoms with Crippen molar-refractivity contribution < 1.29 is 19.1 Å². The van der Waals surface area contributed by atoms with Crippen molar-refractivity contribution in [2.24, 2.45) is 0 Å². The summed E-state index contributed by atoms with van der Waals surface area (Å²) in [6, 6.07) is 18.0. The first-order valence-electron chi connectivity index (χ1n) is 10.1. The molecule has 0 aliphatic carbocycles. The summed E-state index contributed by atoms with van der Waals surface area (Å²) in [6.45, 7) is 3.42. The zero-order valence-corrected chi connectivity index (χ0v) is 18.1. The predicted molar refractivity (Wildman–Crippen MR) is 128 cm³/mol. The average Bonchev–Trinajstić information content (AvgIpc) is 3.25. The fourth-order valence-corrected chi connectivity index (χ4v) is 3.38. The number of H-pyrrole nitrogens is 1. The number of amides is 2. The topological polar surface area (TPSA) is 105 Å². The van der Waals surface area contributed by atoms with Crippen molar-refractivity contribution in [1.82, 2.24) is 10.2 Å². The highest BCUT2D eigenvalue weighted by molar-refractivity contribution is 6.09. The maximum absolute atomic E-state index is 12.8. The second kappa shape index (κ2) is 9.27. The summed E-state index contributed by atoms with van der Waals surface area (Å²) < 4.78 is 10.7. The molecule has 2 amide bonds. The number of carbonyl (C=O) groups is 2. The minimum atomic E-state index is -0.352. The van der Waals surface area contributed by atoms with Crippen LogP contribution < -0.4 is 20.1 Å². The van der Waals surface area contributed by atoms with Gasteiger partial charge in [-0.3, -0.25) is 14.7 Å². The van der Waals surface area contributed by atoms with Crippen LogP contribution in [0.15, 0.2) is 73.3 Å². The summed E-state index contributed by atoms with van der Waals surface area (Å²) in [5.74, 6) is 1.09. The summed E-state index contributed by atoms with van der Waals surface area (Å²) in [4.78, 5) is 24.3. The Morgan fingerprint density at radius 3 is 2.39 bits per heavy atom. The summed E-state index contributed by atoms with van der Waals surface area (Å²) in [7, 11) is 3.21. The first kappa shape index (κ1) is 21.6. The van der Waals surface area contributed by atoms with Crippen LogP contribution in [0, 0.1) is 0 Å². The Balaban J connectivity index is 1.58. The SMILES string of the molecule is C=CC(=O)Nc1cccc(C(=O)Nc2n[nH]c3cc(-c4cc(OC)cc(OC)c4)ccc23)c1. The number of ether oxygens (including phenoxy) is 2. The van der Waals surface area contributed by atoms with Crippen molar-refractivity contribution in [1.29, 1.82) is 0 Å². The van der Waals surface area contributed by atoms with Crippen molar-refractivity contribution in [3.8, 4) is 22.6 Å². The zero-order chi connectivity index (χ0) is 23.4. The predicted octanol–water partition coefficient (Wildman–Crippen LogP) is 4.62. The van der Waals surface area contributed by atoms with Crippen LogP contribution >= 0.6 is 0 Å². The molecule has 8 nitrogen and oxygen atoms in total. The second-order valence-corrected chi connectivity index (χ2v) is 7.16. The van der Waals surface area contributed by atoms with Gasteiger partial charge < -0.3 is 20.1 Å². The molecule has 0 aliphatic heterocycles. The molecule has 0 unspecified atom stereocenters. The van der Waals surface area contributed by atoms with E-state index in [2.05, 4.69) is 27.4 Å². The maximum Gasteiger partial charge on any atom is 0.256 e. The van der Waals surface area contributed by atoms with E-state index in [1.165, 1.54) is 6.08 Å². The number of rotatable bonds is 7. The highest BCUT2D eigenvalue weighted by atomic mass is 16.5. The first-order chi connectivity index (χ1) is 16.0. The van der Waals surface area contributed by atoms with Crippen molar-refractivity contribution in [2.45, 2.75) is 0 Å². The summed E-state index contributed by atoms with van der Waals surface area (Å²) in [5, 5.41) is 13.4. The van der Waals surface area contributed by atoms with Crippen LogP contribution in [-0.2, 0) is 4.79 Å². The van der Waals surface area contributed by atoms with E-state index in [-0.39, 0.29) is 11.8 Å². The van der Waals surface area contributed by atoms with Crippen LogP contribution in [0.4, 0.5) is 11.5 Å². The lowest BCUT2D eigenvalue weighted by Gasteiger charge is -2.09. The third-order valence-electron chi connectivity index (χ3n) is 5.06. The first-order valence-corrected chi connectivity index (χ1v) is 10.1. The highest BCUT2D eigenvalue weighted by Crippen LogP contribution is 2.32. The fraction of sp³-hybridized carbons (Fsp3) is 0.0800. The van der Waals surface area contributed by atoms with Gasteiger partial charge in [-0.05, 0) is 59.7 Å². The van der Waals surface area contributed by atoms with Crippen LogP contribution in [0.3, 0.4) is 0 Å². The van der Waals surface area contributed by atoms with Gasteiger partial charge in [-0.2, -0.15) is 5.10 Å². The van der Waals surface area contributed by atoms with E-state index in [1.54, 1.807) is 38.5 Å². The maximum atomic E-state index is 12.8. The van der Waals surface area contributed by atoms with Gasteiger partial charge in [0.25, 0.3) is 5.91 Å². The van der Waals surface area contributed by atoms with Gasteiger partial charge in [-0.1, -0.05) is 18.7 Å². The number of hydrogen-bond donors (Lipinski definition) is 3. The molecule has 3 N–H and O–H groups in total. The molecule has 3 aromatic carbocycles. The van der Waals surface area contributed by atoms with E-state index in [0.29, 0.717) is 28.6 Å². The fourth-order valence-electron chi connectivity index (χ4n) is 3.38. The molecule has 0 bridgehead atoms. The Hall–Kier alpha value is -4.59. The Labute approximate surface area is 190 Å². The molecule has 0 saturated heterocycles. The summed E-state index contributed by atoms with van der Waals surface area (Å²) >= 11 is 0. The van der Waals surface area contributed by atoms with Crippen molar-refractivity contribution in [3.05, 3.63) is 78.9 Å². The summed E-state index contributed by atoms with van der Waals surface area (Å²) in [6.07, 6.45) is 1.17. The smallest absolute Gasteiger partial charge is 0.256 e. The number of carbonyl (C=O) groups excluding carboxylic acids is 2. The van der Waals surface area contributed by atoms with Gasteiger partial charge in [-0.25, -0.2) is 0 Å². The number of hydrogen-bond acceptors (Lipinski definition) is 5. The lowest BCUT2D eigenvalue weighted by atomic mass is 10.0. The van der Waals surface area contributed by atoms with Crippen molar-refractivity contribution in [2.75, 3.05) is 24.9 Å². The number of aromatic amines is 1. The van der Waals surface area contributed by atoms with Crippen LogP contribution in [0.2, 0.25) is 0 Å². The molecule has 0 aliphatic rings. The lowest BCUT2D eigenvalue weighted by Crippen LogP contribution is -2.13. The molecule has 0 spiro atoms. The van der Waals surface area contributed by atoms with Crippen LogP contribution in [0.25, 0.3) is 22.0 Å². The van der Waals surface area contributed by atoms with Gasteiger partial charge in [0, 0.05) is 22.7 Å². The zero-order valence-electron chi connectivity index (χ0n) is 18.1. The van der Waals surface area contributed by atoms with E-state index in [9.17, 15) is 9.59 Å². The standard InChI is InChI=1S/C25H22N4O4/c1-4-23(30)26-18-7-5-6-16(10-18)25(31)27-24-21-9-8-15(13-22(21)28-29-24)17-11-19(32-2)14-20(12-17)33-3/h4-14H,1H2,2-3H3,(H,26,30)(H2,27,28,29,31). The Morgan fingerprint density at radius 1 is 0.939 bits per heavy atom. The monoisotopic (exact) mass is 442 g/mol. The third-order valence-corrected chi connectivity index (χ3v) is 5.06. The number of nitrogens with zero attached hydrogens (tertiary/aromatic N) is 1. The molecule has 8 heteroatoms. The molecule has 0 saturated carbocycles. The Bertz CT molecular complexity index is 1340.